The fourth-order valence-corrected chi connectivity index (χ4v) is 1.52. The Hall–Kier alpha value is -0.770. The van der Waals surface area contributed by atoms with Crippen LogP contribution in [0.1, 0.15) is 33.6 Å². The van der Waals surface area contributed by atoms with Crippen molar-refractivity contribution in [1.29, 1.82) is 0 Å². The van der Waals surface area contributed by atoms with Crippen molar-refractivity contribution in [3.8, 4) is 0 Å². The summed E-state index contributed by atoms with van der Waals surface area (Å²) in [7, 11) is 1.66. The molecular formula is C11H24N2O2. The van der Waals surface area contributed by atoms with E-state index in [1.807, 2.05) is 13.8 Å². The summed E-state index contributed by atoms with van der Waals surface area (Å²) >= 11 is 0. The zero-order chi connectivity index (χ0) is 11.7. The summed E-state index contributed by atoms with van der Waals surface area (Å²) in [5.74, 6) is 0. The third-order valence-corrected chi connectivity index (χ3v) is 2.38. The average molecular weight is 216 g/mol. The number of amides is 2. The van der Waals surface area contributed by atoms with Crippen LogP contribution < -0.4 is 5.32 Å². The van der Waals surface area contributed by atoms with Crippen molar-refractivity contribution in [3.05, 3.63) is 0 Å². The van der Waals surface area contributed by atoms with E-state index in [4.69, 9.17) is 4.74 Å². The van der Waals surface area contributed by atoms with Gasteiger partial charge in [0.25, 0.3) is 0 Å². The second-order valence-electron chi connectivity index (χ2n) is 3.56. The molecule has 4 nitrogen and oxygen atoms in total. The van der Waals surface area contributed by atoms with Gasteiger partial charge in [-0.1, -0.05) is 13.3 Å². The summed E-state index contributed by atoms with van der Waals surface area (Å²) in [6.45, 7) is 8.14. The molecule has 0 aliphatic rings. The molecule has 0 saturated carbocycles. The van der Waals surface area contributed by atoms with E-state index in [2.05, 4.69) is 12.2 Å². The molecule has 15 heavy (non-hydrogen) atoms. The van der Waals surface area contributed by atoms with Crippen LogP contribution in [0.4, 0.5) is 4.79 Å². The van der Waals surface area contributed by atoms with Crippen LogP contribution in [0.15, 0.2) is 0 Å². The van der Waals surface area contributed by atoms with Gasteiger partial charge in [0, 0.05) is 20.2 Å². The minimum Gasteiger partial charge on any atom is -0.383 e. The second-order valence-corrected chi connectivity index (χ2v) is 3.56. The van der Waals surface area contributed by atoms with Gasteiger partial charge in [0.15, 0.2) is 0 Å². The highest BCUT2D eigenvalue weighted by atomic mass is 16.5. The molecule has 0 aromatic carbocycles. The molecule has 0 heterocycles. The minimum absolute atomic E-state index is 0.00972. The van der Waals surface area contributed by atoms with Crippen LogP contribution in [0, 0.1) is 0 Å². The molecule has 1 atom stereocenters. The number of ether oxygens (including phenoxy) is 1. The van der Waals surface area contributed by atoms with Crippen molar-refractivity contribution in [3.63, 3.8) is 0 Å². The first-order chi connectivity index (χ1) is 7.19. The smallest absolute Gasteiger partial charge is 0.317 e. The molecule has 0 aliphatic carbocycles. The van der Waals surface area contributed by atoms with Gasteiger partial charge in [-0.3, -0.25) is 0 Å². The number of hydrogen-bond donors (Lipinski definition) is 1. The summed E-state index contributed by atoms with van der Waals surface area (Å²) in [6, 6.07) is 0.142. The second kappa shape index (κ2) is 8.53. The summed E-state index contributed by atoms with van der Waals surface area (Å²) in [6.07, 6.45) is 2.01. The predicted molar refractivity (Wildman–Crippen MR) is 62.0 cm³/mol. The van der Waals surface area contributed by atoms with Crippen LogP contribution in [0.5, 0.6) is 0 Å². The fraction of sp³-hybridized carbons (Fsp3) is 0.909. The van der Waals surface area contributed by atoms with E-state index >= 15 is 0 Å². The van der Waals surface area contributed by atoms with Gasteiger partial charge < -0.3 is 15.0 Å². The summed E-state index contributed by atoms with van der Waals surface area (Å²) in [5.41, 5.74) is 0. The van der Waals surface area contributed by atoms with E-state index in [0.717, 1.165) is 25.9 Å². The Morgan fingerprint density at radius 3 is 2.33 bits per heavy atom. The molecule has 0 aliphatic heterocycles. The third-order valence-electron chi connectivity index (χ3n) is 2.38. The van der Waals surface area contributed by atoms with Crippen molar-refractivity contribution in [2.24, 2.45) is 0 Å². The number of nitrogens with one attached hydrogen (secondary N) is 1. The van der Waals surface area contributed by atoms with E-state index in [0.29, 0.717) is 6.61 Å². The maximum Gasteiger partial charge on any atom is 0.317 e. The van der Waals surface area contributed by atoms with Crippen molar-refractivity contribution in [2.45, 2.75) is 39.7 Å². The van der Waals surface area contributed by atoms with E-state index in [9.17, 15) is 4.79 Å². The summed E-state index contributed by atoms with van der Waals surface area (Å²) in [4.78, 5) is 13.5. The van der Waals surface area contributed by atoms with Gasteiger partial charge >= 0.3 is 6.03 Å². The molecule has 0 aromatic heterocycles. The monoisotopic (exact) mass is 216 g/mol. The molecule has 0 saturated heterocycles. The van der Waals surface area contributed by atoms with E-state index < -0.39 is 0 Å². The SMILES string of the molecule is CCCC(COC)NC(=O)N(CC)CC. The van der Waals surface area contributed by atoms with Crippen molar-refractivity contribution >= 4 is 6.03 Å². The first kappa shape index (κ1) is 14.2. The fourth-order valence-electron chi connectivity index (χ4n) is 1.52. The number of urea groups is 1. The Labute approximate surface area is 93.0 Å². The highest BCUT2D eigenvalue weighted by molar-refractivity contribution is 5.74. The largest absolute Gasteiger partial charge is 0.383 e. The van der Waals surface area contributed by atoms with Crippen LogP contribution in [0.2, 0.25) is 0 Å². The molecule has 1 N–H and O–H groups in total. The first-order valence-corrected chi connectivity index (χ1v) is 5.73. The molecule has 4 heteroatoms. The molecule has 0 spiro atoms. The van der Waals surface area contributed by atoms with Gasteiger partial charge in [-0.15, -0.1) is 0 Å². The maximum absolute atomic E-state index is 11.7. The number of rotatable bonds is 7. The van der Waals surface area contributed by atoms with E-state index in [1.54, 1.807) is 12.0 Å². The van der Waals surface area contributed by atoms with Crippen LogP contribution in [0.3, 0.4) is 0 Å². The Balaban J connectivity index is 4.07. The lowest BCUT2D eigenvalue weighted by atomic mass is 10.2. The zero-order valence-corrected chi connectivity index (χ0v) is 10.4. The highest BCUT2D eigenvalue weighted by Crippen LogP contribution is 1.99. The molecule has 90 valence electrons. The lowest BCUT2D eigenvalue weighted by molar-refractivity contribution is 0.152. The Morgan fingerprint density at radius 2 is 1.93 bits per heavy atom. The van der Waals surface area contributed by atoms with Crippen LogP contribution in [0.25, 0.3) is 0 Å². The first-order valence-electron chi connectivity index (χ1n) is 5.73. The number of nitrogens with zero attached hydrogens (tertiary/aromatic N) is 1. The van der Waals surface area contributed by atoms with Crippen LogP contribution in [-0.4, -0.2) is 43.8 Å². The third kappa shape index (κ3) is 5.62. The Morgan fingerprint density at radius 1 is 1.33 bits per heavy atom. The molecule has 2 amide bonds. The number of carbonyl (C=O) groups excluding carboxylic acids is 1. The van der Waals surface area contributed by atoms with Gasteiger partial charge in [-0.2, -0.15) is 0 Å². The number of hydrogen-bond acceptors (Lipinski definition) is 2. The van der Waals surface area contributed by atoms with Crippen molar-refractivity contribution in [2.75, 3.05) is 26.8 Å². The standard InChI is InChI=1S/C11H24N2O2/c1-5-8-10(9-15-4)12-11(14)13(6-2)7-3/h10H,5-9H2,1-4H3,(H,12,14). The minimum atomic E-state index is 0.00972. The lowest BCUT2D eigenvalue weighted by Crippen LogP contribution is -2.46. The van der Waals surface area contributed by atoms with Gasteiger partial charge in [0.2, 0.25) is 0 Å². The van der Waals surface area contributed by atoms with Crippen LogP contribution >= 0.6 is 0 Å². The predicted octanol–water partition coefficient (Wildman–Crippen LogP) is 1.85. The topological polar surface area (TPSA) is 41.6 Å². The van der Waals surface area contributed by atoms with Crippen molar-refractivity contribution in [1.82, 2.24) is 10.2 Å². The Bertz CT molecular complexity index is 164. The highest BCUT2D eigenvalue weighted by Gasteiger charge is 2.14. The molecule has 0 radical (unpaired) electrons. The van der Waals surface area contributed by atoms with Gasteiger partial charge in [0.05, 0.1) is 12.6 Å². The summed E-state index contributed by atoms with van der Waals surface area (Å²) < 4.78 is 5.07. The van der Waals surface area contributed by atoms with Crippen LogP contribution in [-0.2, 0) is 4.74 Å². The summed E-state index contributed by atoms with van der Waals surface area (Å²) in [5, 5.41) is 2.98. The normalized spacial score (nSPS) is 12.3. The molecule has 0 aromatic rings. The number of carbonyl (C=O) groups is 1. The van der Waals surface area contributed by atoms with Gasteiger partial charge in [-0.05, 0) is 20.3 Å². The zero-order valence-electron chi connectivity index (χ0n) is 10.4. The molecule has 0 bridgehead atoms. The average Bonchev–Trinajstić information content (AvgIpc) is 2.20. The van der Waals surface area contributed by atoms with E-state index in [1.165, 1.54) is 0 Å². The Kier molecular flexibility index (Phi) is 8.09. The quantitative estimate of drug-likeness (QED) is 0.705. The molecular weight excluding hydrogens is 192 g/mol. The molecule has 0 rings (SSSR count). The van der Waals surface area contributed by atoms with E-state index in [-0.39, 0.29) is 12.1 Å². The van der Waals surface area contributed by atoms with Crippen molar-refractivity contribution < 1.29 is 9.53 Å². The molecule has 0 fully saturated rings. The van der Waals surface area contributed by atoms with Gasteiger partial charge in [0.1, 0.15) is 0 Å². The van der Waals surface area contributed by atoms with Gasteiger partial charge in [-0.25, -0.2) is 4.79 Å². The molecule has 1 unspecified atom stereocenters. The maximum atomic E-state index is 11.7. The lowest BCUT2D eigenvalue weighted by Gasteiger charge is -2.24. The number of methoxy groups -OCH3 is 1.